The summed E-state index contributed by atoms with van der Waals surface area (Å²) >= 11 is 5.97. The lowest BCUT2D eigenvalue weighted by Gasteiger charge is -2.42. The Hall–Kier alpha value is -2.44. The van der Waals surface area contributed by atoms with E-state index < -0.39 is 29.5 Å². The van der Waals surface area contributed by atoms with Gasteiger partial charge in [-0.3, -0.25) is 9.59 Å². The van der Waals surface area contributed by atoms with Crippen LogP contribution in [0.4, 0.5) is 4.39 Å². The van der Waals surface area contributed by atoms with Gasteiger partial charge in [0.05, 0.1) is 16.6 Å². The van der Waals surface area contributed by atoms with Crippen molar-refractivity contribution in [2.45, 2.75) is 38.5 Å². The summed E-state index contributed by atoms with van der Waals surface area (Å²) in [6.45, 7) is 4.82. The number of hydrogen-bond acceptors (Lipinski definition) is 4. The number of carbonyl (C=O) groups is 2. The van der Waals surface area contributed by atoms with Gasteiger partial charge in [-0.05, 0) is 57.2 Å². The molecular weight excluding hydrogens is 373 g/mol. The quantitative estimate of drug-likeness (QED) is 0.782. The number of halogens is 2. The predicted octanol–water partition coefficient (Wildman–Crippen LogP) is 3.68. The third kappa shape index (κ3) is 3.68. The number of carbonyl (C=O) groups excluding carboxylic acids is 2. The number of aliphatic hydroxyl groups excluding tert-OH is 1. The molecule has 2 aromatic rings. The topological polar surface area (TPSA) is 75.6 Å². The molecule has 0 saturated carbocycles. The summed E-state index contributed by atoms with van der Waals surface area (Å²) in [5.41, 5.74) is 0.0261. The van der Waals surface area contributed by atoms with Crippen LogP contribution < -0.4 is 10.1 Å². The average Bonchev–Trinajstić information content (AvgIpc) is 2.58. The van der Waals surface area contributed by atoms with Crippen LogP contribution in [0.1, 0.15) is 53.1 Å². The zero-order valence-electron chi connectivity index (χ0n) is 15.0. The van der Waals surface area contributed by atoms with Gasteiger partial charge in [0.25, 0.3) is 5.91 Å². The Morgan fingerprint density at radius 3 is 2.56 bits per heavy atom. The van der Waals surface area contributed by atoms with Crippen LogP contribution in [0.5, 0.6) is 5.75 Å². The van der Waals surface area contributed by atoms with Gasteiger partial charge in [0.1, 0.15) is 23.3 Å². The van der Waals surface area contributed by atoms with Crippen LogP contribution in [0.2, 0.25) is 5.02 Å². The Labute approximate surface area is 161 Å². The van der Waals surface area contributed by atoms with E-state index in [0.717, 1.165) is 12.1 Å². The maximum Gasteiger partial charge on any atom is 0.253 e. The van der Waals surface area contributed by atoms with E-state index in [1.807, 2.05) is 0 Å². The molecule has 0 saturated heterocycles. The second-order valence-corrected chi connectivity index (χ2v) is 7.44. The van der Waals surface area contributed by atoms with E-state index in [-0.39, 0.29) is 16.4 Å². The molecule has 0 spiro atoms. The van der Waals surface area contributed by atoms with Gasteiger partial charge in [-0.25, -0.2) is 4.39 Å². The summed E-state index contributed by atoms with van der Waals surface area (Å²) in [5.74, 6) is -0.809. The van der Waals surface area contributed by atoms with E-state index in [0.29, 0.717) is 16.9 Å². The lowest BCUT2D eigenvalue weighted by atomic mass is 9.85. The summed E-state index contributed by atoms with van der Waals surface area (Å²) in [7, 11) is 0. The molecule has 0 bridgehead atoms. The number of rotatable bonds is 3. The third-order valence-electron chi connectivity index (χ3n) is 4.61. The molecule has 0 radical (unpaired) electrons. The number of nitrogens with one attached hydrogen (secondary N) is 1. The fraction of sp³-hybridized carbons (Fsp3) is 0.300. The van der Waals surface area contributed by atoms with Crippen LogP contribution in [0.25, 0.3) is 0 Å². The summed E-state index contributed by atoms with van der Waals surface area (Å²) in [5, 5.41) is 13.5. The molecule has 0 fully saturated rings. The van der Waals surface area contributed by atoms with Crippen molar-refractivity contribution in [2.24, 2.45) is 0 Å². The van der Waals surface area contributed by atoms with Gasteiger partial charge in [-0.2, -0.15) is 0 Å². The molecule has 0 unspecified atom stereocenters. The summed E-state index contributed by atoms with van der Waals surface area (Å²) in [6, 6.07) is 7.48. The smallest absolute Gasteiger partial charge is 0.253 e. The molecule has 27 heavy (non-hydrogen) atoms. The SMILES string of the molecule is CC(=O)c1ccc2c(c1)[C@H](NC(=O)c1ccc(F)cc1Cl)[C@H](O)C(C)(C)O2. The number of ketones is 1. The first-order valence-corrected chi connectivity index (χ1v) is 8.76. The van der Waals surface area contributed by atoms with Crippen molar-refractivity contribution in [1.29, 1.82) is 0 Å². The molecule has 142 valence electrons. The van der Waals surface area contributed by atoms with Crippen LogP contribution in [-0.2, 0) is 0 Å². The molecule has 1 heterocycles. The highest BCUT2D eigenvalue weighted by atomic mass is 35.5. The first kappa shape index (κ1) is 19.3. The zero-order valence-corrected chi connectivity index (χ0v) is 15.8. The standard InChI is InChI=1S/C20H19ClFNO4/c1-10(24)11-4-7-16-14(8-11)17(18(25)20(2,3)27-16)23-19(26)13-6-5-12(22)9-15(13)21/h4-9,17-18,25H,1-3H3,(H,23,26)/t17-,18-/m0/s1. The minimum atomic E-state index is -1.09. The molecule has 1 aliphatic heterocycles. The molecule has 7 heteroatoms. The fourth-order valence-corrected chi connectivity index (χ4v) is 3.32. The van der Waals surface area contributed by atoms with Gasteiger partial charge in [0, 0.05) is 11.1 Å². The lowest BCUT2D eigenvalue weighted by molar-refractivity contribution is -0.0627. The molecule has 1 aliphatic rings. The molecule has 1 amide bonds. The maximum atomic E-state index is 13.2. The van der Waals surface area contributed by atoms with Crippen LogP contribution in [0.3, 0.4) is 0 Å². The van der Waals surface area contributed by atoms with Gasteiger partial charge >= 0.3 is 0 Å². The highest BCUT2D eigenvalue weighted by molar-refractivity contribution is 6.33. The molecule has 0 aliphatic carbocycles. The molecule has 2 N–H and O–H groups in total. The second-order valence-electron chi connectivity index (χ2n) is 7.03. The van der Waals surface area contributed by atoms with Gasteiger partial charge in [0.2, 0.25) is 0 Å². The Kier molecular flexibility index (Phi) is 4.97. The summed E-state index contributed by atoms with van der Waals surface area (Å²) in [4.78, 5) is 24.4. The van der Waals surface area contributed by atoms with E-state index in [1.54, 1.807) is 32.0 Å². The second kappa shape index (κ2) is 6.94. The highest BCUT2D eigenvalue weighted by Gasteiger charge is 2.44. The van der Waals surface area contributed by atoms with Crippen LogP contribution in [0, 0.1) is 5.82 Å². The zero-order chi connectivity index (χ0) is 19.9. The number of Topliss-reactive ketones (excluding diaryl/α,β-unsaturated/α-hetero) is 1. The molecule has 3 rings (SSSR count). The van der Waals surface area contributed by atoms with Gasteiger partial charge < -0.3 is 15.2 Å². The summed E-state index contributed by atoms with van der Waals surface area (Å²) < 4.78 is 19.1. The van der Waals surface area contributed by atoms with E-state index >= 15 is 0 Å². The maximum absolute atomic E-state index is 13.2. The molecule has 2 aromatic carbocycles. The Morgan fingerprint density at radius 2 is 1.93 bits per heavy atom. The number of aliphatic hydroxyl groups is 1. The van der Waals surface area contributed by atoms with Crippen molar-refractivity contribution in [3.05, 3.63) is 63.9 Å². The van der Waals surface area contributed by atoms with E-state index in [9.17, 15) is 19.1 Å². The average molecular weight is 392 g/mol. The van der Waals surface area contributed by atoms with Crippen LogP contribution >= 0.6 is 11.6 Å². The van der Waals surface area contributed by atoms with E-state index in [4.69, 9.17) is 16.3 Å². The first-order valence-electron chi connectivity index (χ1n) is 8.38. The minimum Gasteiger partial charge on any atom is -0.485 e. The Bertz CT molecular complexity index is 928. The van der Waals surface area contributed by atoms with Crippen molar-refractivity contribution in [3.63, 3.8) is 0 Å². The van der Waals surface area contributed by atoms with Crippen molar-refractivity contribution in [3.8, 4) is 5.75 Å². The van der Waals surface area contributed by atoms with Crippen molar-refractivity contribution in [1.82, 2.24) is 5.32 Å². The van der Waals surface area contributed by atoms with Crippen molar-refractivity contribution >= 4 is 23.3 Å². The van der Waals surface area contributed by atoms with Crippen molar-refractivity contribution < 1.29 is 23.8 Å². The number of benzene rings is 2. The minimum absolute atomic E-state index is 0.0361. The first-order chi connectivity index (χ1) is 12.6. The van der Waals surface area contributed by atoms with E-state index in [2.05, 4.69) is 5.32 Å². The summed E-state index contributed by atoms with van der Waals surface area (Å²) in [6.07, 6.45) is -1.09. The van der Waals surface area contributed by atoms with Crippen molar-refractivity contribution in [2.75, 3.05) is 0 Å². The van der Waals surface area contributed by atoms with Crippen LogP contribution in [0.15, 0.2) is 36.4 Å². The fourth-order valence-electron chi connectivity index (χ4n) is 3.07. The third-order valence-corrected chi connectivity index (χ3v) is 4.93. The number of amides is 1. The largest absolute Gasteiger partial charge is 0.485 e. The molecular formula is C20H19ClFNO4. The monoisotopic (exact) mass is 391 g/mol. The van der Waals surface area contributed by atoms with Gasteiger partial charge in [0.15, 0.2) is 5.78 Å². The number of ether oxygens (including phenoxy) is 1. The van der Waals surface area contributed by atoms with E-state index in [1.165, 1.54) is 13.0 Å². The molecule has 5 nitrogen and oxygen atoms in total. The number of fused-ring (bicyclic) bond motifs is 1. The molecule has 2 atom stereocenters. The van der Waals surface area contributed by atoms with Gasteiger partial charge in [-0.15, -0.1) is 0 Å². The highest BCUT2D eigenvalue weighted by Crippen LogP contribution is 2.40. The number of hydrogen-bond donors (Lipinski definition) is 2. The van der Waals surface area contributed by atoms with Crippen LogP contribution in [-0.4, -0.2) is 28.5 Å². The lowest BCUT2D eigenvalue weighted by Crippen LogP contribution is -2.53. The Balaban J connectivity index is 2.01. The van der Waals surface area contributed by atoms with Gasteiger partial charge in [-0.1, -0.05) is 11.6 Å². The normalized spacial score (nSPS) is 20.4. The molecule has 0 aromatic heterocycles. The predicted molar refractivity (Wildman–Crippen MR) is 98.8 cm³/mol. The Morgan fingerprint density at radius 1 is 1.22 bits per heavy atom.